The zero-order valence-corrected chi connectivity index (χ0v) is 19.7. The fourth-order valence-electron chi connectivity index (χ4n) is 3.21. The van der Waals surface area contributed by atoms with E-state index in [0.717, 1.165) is 9.44 Å². The number of thiocarbonyl (C=S) groups is 1. The fraction of sp³-hybridized carbons (Fsp3) is 0.286. The summed E-state index contributed by atoms with van der Waals surface area (Å²) in [5, 5.41) is 21.9. The average molecular weight is 490 g/mol. The molecule has 0 aliphatic carbocycles. The van der Waals surface area contributed by atoms with E-state index < -0.39 is 17.2 Å². The summed E-state index contributed by atoms with van der Waals surface area (Å²) in [6.45, 7) is 1.56. The van der Waals surface area contributed by atoms with Gasteiger partial charge in [-0.2, -0.15) is 5.26 Å². The number of pyridine rings is 1. The van der Waals surface area contributed by atoms with Crippen LogP contribution in [0.2, 0.25) is 0 Å². The van der Waals surface area contributed by atoms with Crippen molar-refractivity contribution in [3.8, 4) is 11.9 Å². The van der Waals surface area contributed by atoms with Crippen molar-refractivity contribution >= 4 is 57.4 Å². The predicted octanol–water partition coefficient (Wildman–Crippen LogP) is 2.92. The lowest BCUT2D eigenvalue weighted by Crippen LogP contribution is -2.31. The maximum absolute atomic E-state index is 13.0. The van der Waals surface area contributed by atoms with Crippen LogP contribution < -0.4 is 5.56 Å². The molecule has 1 aliphatic heterocycles. The Morgan fingerprint density at radius 1 is 1.38 bits per heavy atom. The Balaban J connectivity index is 1.83. The minimum atomic E-state index is -0.688. The van der Waals surface area contributed by atoms with E-state index in [9.17, 15) is 24.8 Å². The second-order valence-corrected chi connectivity index (χ2v) is 9.44. The molecule has 0 bridgehead atoms. The first-order valence-corrected chi connectivity index (χ1v) is 11.6. The maximum Gasteiger partial charge on any atom is 0.271 e. The first-order chi connectivity index (χ1) is 15.3. The molecule has 0 aromatic carbocycles. The molecule has 11 heteroatoms. The summed E-state index contributed by atoms with van der Waals surface area (Å²) >= 11 is 7.96. The number of carbonyl (C=O) groups excluding carboxylic acids is 2. The summed E-state index contributed by atoms with van der Waals surface area (Å²) < 4.78 is 6.23. The molecular formula is C21H19N3O5S3. The number of hydrogen-bond donors (Lipinski definition) is 1. The molecule has 0 radical (unpaired) electrons. The molecule has 166 valence electrons. The third kappa shape index (κ3) is 4.68. The monoisotopic (exact) mass is 489 g/mol. The van der Waals surface area contributed by atoms with Gasteiger partial charge in [0, 0.05) is 25.0 Å². The zero-order valence-electron chi connectivity index (χ0n) is 17.3. The summed E-state index contributed by atoms with van der Waals surface area (Å²) in [4.78, 5) is 40.9. The normalized spacial score (nSPS) is 14.9. The Hall–Kier alpha value is -2.78. The van der Waals surface area contributed by atoms with E-state index in [1.165, 1.54) is 42.0 Å². The van der Waals surface area contributed by atoms with Crippen molar-refractivity contribution in [3.05, 3.63) is 54.3 Å². The van der Waals surface area contributed by atoms with Gasteiger partial charge >= 0.3 is 0 Å². The molecule has 2 aromatic heterocycles. The number of amides is 1. The van der Waals surface area contributed by atoms with Crippen molar-refractivity contribution in [1.29, 1.82) is 5.26 Å². The number of Topliss-reactive ketones (excluding diaryl/α,β-unsaturated/α-hetero) is 1. The molecule has 0 spiro atoms. The van der Waals surface area contributed by atoms with Crippen LogP contribution in [0.4, 0.5) is 0 Å². The number of rotatable bonds is 8. The van der Waals surface area contributed by atoms with Gasteiger partial charge in [0.25, 0.3) is 11.5 Å². The van der Waals surface area contributed by atoms with Crippen molar-refractivity contribution in [1.82, 2.24) is 9.47 Å². The number of nitriles is 1. The Morgan fingerprint density at radius 2 is 2.12 bits per heavy atom. The molecule has 2 aromatic rings. The average Bonchev–Trinajstić information content (AvgIpc) is 3.35. The molecule has 3 rings (SSSR count). The number of aromatic hydroxyl groups is 1. The molecule has 32 heavy (non-hydrogen) atoms. The molecule has 8 nitrogen and oxygen atoms in total. The Kier molecular flexibility index (Phi) is 7.63. The van der Waals surface area contributed by atoms with E-state index >= 15 is 0 Å². The van der Waals surface area contributed by atoms with Crippen LogP contribution in [0.3, 0.4) is 0 Å². The van der Waals surface area contributed by atoms with Crippen LogP contribution in [0.15, 0.2) is 27.2 Å². The van der Waals surface area contributed by atoms with Crippen LogP contribution in [-0.4, -0.2) is 50.8 Å². The highest BCUT2D eigenvalue weighted by Gasteiger charge is 2.33. The summed E-state index contributed by atoms with van der Waals surface area (Å²) in [5.74, 6) is -1.31. The van der Waals surface area contributed by atoms with Gasteiger partial charge in [0.1, 0.15) is 16.0 Å². The van der Waals surface area contributed by atoms with Crippen LogP contribution in [0, 0.1) is 18.3 Å². The molecule has 0 saturated carbocycles. The lowest BCUT2D eigenvalue weighted by molar-refractivity contribution is -0.122. The van der Waals surface area contributed by atoms with E-state index in [2.05, 4.69) is 0 Å². The molecule has 0 atom stereocenters. The van der Waals surface area contributed by atoms with Gasteiger partial charge in [-0.05, 0) is 30.0 Å². The van der Waals surface area contributed by atoms with Crippen molar-refractivity contribution in [3.63, 3.8) is 0 Å². The summed E-state index contributed by atoms with van der Waals surface area (Å²) in [6.07, 6.45) is 1.62. The largest absolute Gasteiger partial charge is 0.494 e. The topological polar surface area (TPSA) is 113 Å². The molecular weight excluding hydrogens is 470 g/mol. The van der Waals surface area contributed by atoms with Crippen molar-refractivity contribution < 1.29 is 19.4 Å². The van der Waals surface area contributed by atoms with Gasteiger partial charge in [0.05, 0.1) is 23.6 Å². The van der Waals surface area contributed by atoms with E-state index in [1.807, 2.05) is 23.6 Å². The smallest absolute Gasteiger partial charge is 0.271 e. The first kappa shape index (κ1) is 23.9. The zero-order chi connectivity index (χ0) is 23.4. The second kappa shape index (κ2) is 10.2. The summed E-state index contributed by atoms with van der Waals surface area (Å²) in [5.41, 5.74) is -0.910. The van der Waals surface area contributed by atoms with Gasteiger partial charge in [-0.3, -0.25) is 23.9 Å². The van der Waals surface area contributed by atoms with Crippen molar-refractivity contribution in [2.45, 2.75) is 19.9 Å². The number of carbonyl (C=O) groups is 2. The lowest BCUT2D eigenvalue weighted by atomic mass is 10.00. The minimum absolute atomic E-state index is 0.0153. The number of thioether (sulfide) groups is 1. The Labute approximate surface area is 197 Å². The van der Waals surface area contributed by atoms with Gasteiger partial charge in [0.15, 0.2) is 5.78 Å². The van der Waals surface area contributed by atoms with Crippen molar-refractivity contribution in [2.24, 2.45) is 0 Å². The van der Waals surface area contributed by atoms with E-state index in [-0.39, 0.29) is 48.7 Å². The third-order valence-electron chi connectivity index (χ3n) is 4.85. The summed E-state index contributed by atoms with van der Waals surface area (Å²) in [6, 6.07) is 5.58. The molecule has 1 N–H and O–H groups in total. The van der Waals surface area contributed by atoms with Crippen molar-refractivity contribution in [2.75, 3.05) is 20.3 Å². The number of thiophene rings is 1. The first-order valence-electron chi connectivity index (χ1n) is 9.47. The highest BCUT2D eigenvalue weighted by Crippen LogP contribution is 2.33. The summed E-state index contributed by atoms with van der Waals surface area (Å²) in [7, 11) is 1.43. The van der Waals surface area contributed by atoms with Gasteiger partial charge in [-0.25, -0.2) is 0 Å². The highest BCUT2D eigenvalue weighted by molar-refractivity contribution is 8.26. The lowest BCUT2D eigenvalue weighted by Gasteiger charge is -2.17. The van der Waals surface area contributed by atoms with Crippen LogP contribution >= 0.6 is 35.3 Å². The Bertz CT molecular complexity index is 1210. The quantitative estimate of drug-likeness (QED) is 0.342. The van der Waals surface area contributed by atoms with Gasteiger partial charge in [-0.15, -0.1) is 11.3 Å². The molecule has 1 amide bonds. The number of methoxy groups -OCH3 is 1. The van der Waals surface area contributed by atoms with Gasteiger partial charge < -0.3 is 9.84 Å². The van der Waals surface area contributed by atoms with Crippen LogP contribution in [0.1, 0.15) is 32.8 Å². The molecule has 3 heterocycles. The number of aromatic nitrogens is 1. The molecule has 1 aliphatic rings. The number of nitrogens with zero attached hydrogens (tertiary/aromatic N) is 3. The van der Waals surface area contributed by atoms with E-state index in [0.29, 0.717) is 9.23 Å². The molecule has 1 saturated heterocycles. The number of hydrogen-bond acceptors (Lipinski definition) is 9. The van der Waals surface area contributed by atoms with E-state index in [4.69, 9.17) is 17.0 Å². The standard InChI is InChI=1S/C21H19N3O5S3/c1-12-14(11-22)18(26)23(7-8-29-2)20(28)17(12)15(25)5-6-24-19(27)16(32-21(24)30)10-13-4-3-9-31-13/h3-4,9-10,28H,5-8H2,1-2H3/b16-10-. The predicted molar refractivity (Wildman–Crippen MR) is 127 cm³/mol. The third-order valence-corrected chi connectivity index (χ3v) is 7.05. The maximum atomic E-state index is 13.0. The van der Waals surface area contributed by atoms with Gasteiger partial charge in [-0.1, -0.05) is 30.0 Å². The fourth-order valence-corrected chi connectivity index (χ4v) is 5.24. The SMILES string of the molecule is COCCn1c(O)c(C(=O)CCN2C(=O)/C(=C/c3cccs3)SC2=S)c(C)c(C#N)c1=O. The highest BCUT2D eigenvalue weighted by atomic mass is 32.2. The minimum Gasteiger partial charge on any atom is -0.494 e. The van der Waals surface area contributed by atoms with Gasteiger partial charge in [0.2, 0.25) is 5.88 Å². The van der Waals surface area contributed by atoms with Crippen LogP contribution in [0.25, 0.3) is 6.08 Å². The number of ether oxygens (including phenoxy) is 1. The second-order valence-electron chi connectivity index (χ2n) is 6.78. The van der Waals surface area contributed by atoms with E-state index in [1.54, 1.807) is 6.08 Å². The van der Waals surface area contributed by atoms with Crippen LogP contribution in [-0.2, 0) is 16.1 Å². The number of ketones is 1. The molecule has 0 unspecified atom stereocenters. The Morgan fingerprint density at radius 3 is 2.75 bits per heavy atom. The van der Waals surface area contributed by atoms with Crippen LogP contribution in [0.5, 0.6) is 5.88 Å². The molecule has 1 fully saturated rings.